The van der Waals surface area contributed by atoms with Crippen LogP contribution in [-0.4, -0.2) is 51.2 Å². The van der Waals surface area contributed by atoms with Gasteiger partial charge < -0.3 is 15.9 Å². The molecule has 0 spiro atoms. The molecule has 2 aliphatic rings. The number of rotatable bonds is 3. The molecule has 112 valence electrons. The molecule has 0 amide bonds. The van der Waals surface area contributed by atoms with Crippen LogP contribution in [0.3, 0.4) is 0 Å². The molecule has 0 aromatic rings. The molecule has 1 saturated heterocycles. The highest BCUT2D eigenvalue weighted by molar-refractivity contribution is 5.88. The van der Waals surface area contributed by atoms with Crippen molar-refractivity contribution in [2.75, 3.05) is 13.1 Å². The fourth-order valence-electron chi connectivity index (χ4n) is 3.31. The lowest BCUT2D eigenvalue weighted by Crippen LogP contribution is -2.65. The first-order valence-electron chi connectivity index (χ1n) is 6.60. The first-order valence-corrected chi connectivity index (χ1v) is 6.60. The molecule has 0 saturated carbocycles. The molecule has 1 fully saturated rings. The summed E-state index contributed by atoms with van der Waals surface area (Å²) in [6.07, 6.45) is 0.920. The van der Waals surface area contributed by atoms with E-state index in [1.54, 1.807) is 0 Å². The molecule has 1 aliphatic heterocycles. The maximum atomic E-state index is 14.6. The molecule has 7 heteroatoms. The third-order valence-electron chi connectivity index (χ3n) is 4.32. The third kappa shape index (κ3) is 2.01. The Kier molecular flexibility index (Phi) is 3.60. The molecule has 0 bridgehead atoms. The Labute approximate surface area is 116 Å². The van der Waals surface area contributed by atoms with E-state index < -0.39 is 35.3 Å². The monoisotopic (exact) mass is 286 g/mol. The highest BCUT2D eigenvalue weighted by atomic mass is 19.1. The lowest BCUT2D eigenvalue weighted by Gasteiger charge is -2.45. The number of carboxylic acid groups (broad SMARTS) is 2. The lowest BCUT2D eigenvalue weighted by molar-refractivity contribution is -0.155. The van der Waals surface area contributed by atoms with Gasteiger partial charge in [0.25, 0.3) is 0 Å². The standard InChI is InChI=1S/C13H19FN2O4/c1-8-6-12(15,10(17)18)7-13(9(8)14,11(19)20)16-4-2-3-5-16/h2-7,15H2,1H3,(H,17,18)(H,19,20)/t12?,13-/m0/s1. The molecular weight excluding hydrogens is 267 g/mol. The van der Waals surface area contributed by atoms with E-state index in [1.165, 1.54) is 11.8 Å². The molecule has 2 rings (SSSR count). The second-order valence-electron chi connectivity index (χ2n) is 5.77. The smallest absolute Gasteiger partial charge is 0.331 e. The number of carbonyl (C=O) groups is 2. The summed E-state index contributed by atoms with van der Waals surface area (Å²) in [6, 6.07) is 0. The average molecular weight is 286 g/mol. The summed E-state index contributed by atoms with van der Waals surface area (Å²) in [5, 5.41) is 18.9. The number of halogens is 1. The largest absolute Gasteiger partial charge is 0.480 e. The van der Waals surface area contributed by atoms with Crippen LogP contribution in [0.5, 0.6) is 0 Å². The summed E-state index contributed by atoms with van der Waals surface area (Å²) in [5.74, 6) is -3.42. The van der Waals surface area contributed by atoms with E-state index in [-0.39, 0.29) is 12.0 Å². The Morgan fingerprint density at radius 2 is 1.80 bits per heavy atom. The van der Waals surface area contributed by atoms with E-state index in [4.69, 9.17) is 5.73 Å². The molecule has 20 heavy (non-hydrogen) atoms. The summed E-state index contributed by atoms with van der Waals surface area (Å²) < 4.78 is 14.6. The number of aliphatic carboxylic acids is 2. The normalized spacial score (nSPS) is 35.4. The van der Waals surface area contributed by atoms with Gasteiger partial charge in [-0.2, -0.15) is 0 Å². The Bertz CT molecular complexity index is 487. The van der Waals surface area contributed by atoms with Gasteiger partial charge in [0.2, 0.25) is 0 Å². The van der Waals surface area contributed by atoms with Crippen LogP contribution in [0.2, 0.25) is 0 Å². The summed E-state index contributed by atoms with van der Waals surface area (Å²) >= 11 is 0. The fraction of sp³-hybridized carbons (Fsp3) is 0.692. The topological polar surface area (TPSA) is 104 Å². The van der Waals surface area contributed by atoms with Crippen LogP contribution in [0, 0.1) is 0 Å². The second kappa shape index (κ2) is 4.82. The first-order chi connectivity index (χ1) is 9.24. The van der Waals surface area contributed by atoms with Crippen molar-refractivity contribution >= 4 is 11.9 Å². The molecule has 1 unspecified atom stereocenters. The minimum Gasteiger partial charge on any atom is -0.480 e. The average Bonchev–Trinajstić information content (AvgIpc) is 2.87. The van der Waals surface area contributed by atoms with Gasteiger partial charge in [0.05, 0.1) is 0 Å². The Morgan fingerprint density at radius 1 is 1.25 bits per heavy atom. The van der Waals surface area contributed by atoms with E-state index in [1.807, 2.05) is 0 Å². The van der Waals surface area contributed by atoms with Crippen LogP contribution in [0.4, 0.5) is 4.39 Å². The van der Waals surface area contributed by atoms with Gasteiger partial charge >= 0.3 is 11.9 Å². The van der Waals surface area contributed by atoms with Gasteiger partial charge in [-0.15, -0.1) is 0 Å². The minimum atomic E-state index is -1.94. The van der Waals surface area contributed by atoms with Crippen molar-refractivity contribution < 1.29 is 24.2 Å². The van der Waals surface area contributed by atoms with E-state index in [2.05, 4.69) is 0 Å². The third-order valence-corrected chi connectivity index (χ3v) is 4.32. The molecule has 4 N–H and O–H groups in total. The fourth-order valence-corrected chi connectivity index (χ4v) is 3.31. The van der Waals surface area contributed by atoms with E-state index in [0.717, 1.165) is 12.8 Å². The van der Waals surface area contributed by atoms with Crippen LogP contribution < -0.4 is 5.73 Å². The molecule has 0 radical (unpaired) electrons. The SMILES string of the molecule is CC1=C(F)[C@@](C(=O)O)(N2CCCC2)CC(N)(C(=O)O)C1. The molecular formula is C13H19FN2O4. The Balaban J connectivity index is 2.56. The number of hydrogen-bond acceptors (Lipinski definition) is 4. The minimum absolute atomic E-state index is 0.107. The molecule has 6 nitrogen and oxygen atoms in total. The number of nitrogens with two attached hydrogens (primary N) is 1. The quantitative estimate of drug-likeness (QED) is 0.706. The van der Waals surface area contributed by atoms with Crippen molar-refractivity contribution in [2.45, 2.75) is 43.7 Å². The maximum Gasteiger partial charge on any atom is 0.331 e. The predicted molar refractivity (Wildman–Crippen MR) is 68.8 cm³/mol. The highest BCUT2D eigenvalue weighted by Crippen LogP contribution is 2.44. The zero-order chi connectivity index (χ0) is 15.1. The second-order valence-corrected chi connectivity index (χ2v) is 5.77. The van der Waals surface area contributed by atoms with E-state index in [0.29, 0.717) is 13.1 Å². The van der Waals surface area contributed by atoms with Gasteiger partial charge in [0.15, 0.2) is 5.54 Å². The molecule has 2 atom stereocenters. The summed E-state index contributed by atoms with van der Waals surface area (Å²) in [4.78, 5) is 24.6. The number of nitrogens with zero attached hydrogens (tertiary/aromatic N) is 1. The van der Waals surface area contributed by atoms with Gasteiger partial charge in [-0.3, -0.25) is 9.69 Å². The number of likely N-dealkylation sites (tertiary alicyclic amines) is 1. The first kappa shape index (κ1) is 14.9. The van der Waals surface area contributed by atoms with Gasteiger partial charge in [-0.05, 0) is 44.8 Å². The Hall–Kier alpha value is -1.47. The van der Waals surface area contributed by atoms with Crippen molar-refractivity contribution in [2.24, 2.45) is 5.73 Å². The zero-order valence-corrected chi connectivity index (χ0v) is 11.4. The van der Waals surface area contributed by atoms with E-state index >= 15 is 0 Å². The van der Waals surface area contributed by atoms with Crippen LogP contribution >= 0.6 is 0 Å². The van der Waals surface area contributed by atoms with E-state index in [9.17, 15) is 24.2 Å². The van der Waals surface area contributed by atoms with Crippen molar-refractivity contribution in [3.63, 3.8) is 0 Å². The highest BCUT2D eigenvalue weighted by Gasteiger charge is 2.58. The zero-order valence-electron chi connectivity index (χ0n) is 11.4. The summed E-state index contributed by atoms with van der Waals surface area (Å²) in [5.41, 5.74) is 2.26. The summed E-state index contributed by atoms with van der Waals surface area (Å²) in [7, 11) is 0. The molecule has 0 aromatic carbocycles. The predicted octanol–water partition coefficient (Wildman–Crippen LogP) is 0.725. The van der Waals surface area contributed by atoms with Gasteiger partial charge in [0.1, 0.15) is 11.4 Å². The molecule has 1 heterocycles. The van der Waals surface area contributed by atoms with Crippen molar-refractivity contribution in [1.29, 1.82) is 0 Å². The van der Waals surface area contributed by atoms with Gasteiger partial charge in [0, 0.05) is 6.42 Å². The lowest BCUT2D eigenvalue weighted by atomic mass is 9.71. The number of carboxylic acids is 2. The summed E-state index contributed by atoms with van der Waals surface area (Å²) in [6.45, 7) is 2.28. The van der Waals surface area contributed by atoms with Crippen molar-refractivity contribution in [3.8, 4) is 0 Å². The van der Waals surface area contributed by atoms with Crippen LogP contribution in [0.15, 0.2) is 11.4 Å². The number of hydrogen-bond donors (Lipinski definition) is 3. The van der Waals surface area contributed by atoms with Crippen LogP contribution in [0.25, 0.3) is 0 Å². The van der Waals surface area contributed by atoms with Gasteiger partial charge in [-0.25, -0.2) is 9.18 Å². The van der Waals surface area contributed by atoms with Gasteiger partial charge in [-0.1, -0.05) is 0 Å². The maximum absolute atomic E-state index is 14.6. The van der Waals surface area contributed by atoms with Crippen LogP contribution in [-0.2, 0) is 9.59 Å². The van der Waals surface area contributed by atoms with Crippen LogP contribution in [0.1, 0.15) is 32.6 Å². The van der Waals surface area contributed by atoms with Crippen molar-refractivity contribution in [3.05, 3.63) is 11.4 Å². The van der Waals surface area contributed by atoms with Crippen molar-refractivity contribution in [1.82, 2.24) is 4.90 Å². The Morgan fingerprint density at radius 3 is 2.25 bits per heavy atom. The molecule has 1 aliphatic carbocycles. The molecule has 0 aromatic heterocycles.